The fourth-order valence-electron chi connectivity index (χ4n) is 6.38. The molecule has 1 saturated heterocycles. The van der Waals surface area contributed by atoms with E-state index >= 15 is 0 Å². The van der Waals surface area contributed by atoms with E-state index in [-0.39, 0.29) is 25.2 Å². The average molecular weight is 626 g/mol. The SMILES string of the molecule is CCCCN(C(=O)CN1CC(c2cc(OC)c3c(c2)OCO3)C(C(=O)O)C1CCN(C)C(C)=O)c1cccc(C[N+](C)(C)C)c1. The van der Waals surface area contributed by atoms with E-state index in [0.717, 1.165) is 40.7 Å². The minimum atomic E-state index is -0.946. The predicted molar refractivity (Wildman–Crippen MR) is 172 cm³/mol. The number of nitrogens with zero attached hydrogens (tertiary/aromatic N) is 4. The van der Waals surface area contributed by atoms with Crippen LogP contribution in [0.25, 0.3) is 0 Å². The minimum Gasteiger partial charge on any atom is -0.493 e. The quantitative estimate of drug-likeness (QED) is 0.316. The summed E-state index contributed by atoms with van der Waals surface area (Å²) < 4.78 is 17.5. The molecule has 3 unspecified atom stereocenters. The molecule has 2 heterocycles. The number of amides is 2. The van der Waals surface area contributed by atoms with Crippen molar-refractivity contribution in [2.75, 3.05) is 73.2 Å². The summed E-state index contributed by atoms with van der Waals surface area (Å²) in [7, 11) is 9.65. The highest BCUT2D eigenvalue weighted by Gasteiger charge is 2.47. The maximum Gasteiger partial charge on any atom is 0.308 e. The number of unbranched alkanes of at least 4 members (excludes halogenated alkanes) is 1. The van der Waals surface area contributed by atoms with E-state index in [4.69, 9.17) is 14.2 Å². The molecule has 0 radical (unpaired) electrons. The Balaban J connectivity index is 1.68. The highest BCUT2D eigenvalue weighted by atomic mass is 16.7. The molecule has 2 aliphatic rings. The number of rotatable bonds is 14. The molecule has 0 saturated carbocycles. The molecular weight excluding hydrogens is 576 g/mol. The summed E-state index contributed by atoms with van der Waals surface area (Å²) in [5.41, 5.74) is 2.74. The zero-order valence-corrected chi connectivity index (χ0v) is 27.7. The zero-order chi connectivity index (χ0) is 32.9. The van der Waals surface area contributed by atoms with Crippen LogP contribution in [0.5, 0.6) is 17.2 Å². The Bertz CT molecular complexity index is 1370. The lowest BCUT2D eigenvalue weighted by atomic mass is 9.84. The van der Waals surface area contributed by atoms with Crippen LogP contribution >= 0.6 is 0 Å². The van der Waals surface area contributed by atoms with Crippen LogP contribution in [-0.4, -0.2) is 111 Å². The van der Waals surface area contributed by atoms with Gasteiger partial charge in [-0.25, -0.2) is 0 Å². The maximum atomic E-state index is 14.2. The number of hydrogen-bond donors (Lipinski definition) is 1. The highest BCUT2D eigenvalue weighted by Crippen LogP contribution is 2.47. The second-order valence-electron chi connectivity index (χ2n) is 13.2. The van der Waals surface area contributed by atoms with Gasteiger partial charge < -0.3 is 33.6 Å². The molecule has 2 aliphatic heterocycles. The van der Waals surface area contributed by atoms with E-state index in [1.54, 1.807) is 11.9 Å². The van der Waals surface area contributed by atoms with Crippen LogP contribution in [0.4, 0.5) is 5.69 Å². The molecule has 1 fully saturated rings. The summed E-state index contributed by atoms with van der Waals surface area (Å²) in [6.45, 7) is 5.82. The number of ether oxygens (including phenoxy) is 3. The summed E-state index contributed by atoms with van der Waals surface area (Å²) in [5.74, 6) is -0.900. The number of carboxylic acids is 1. The third-order valence-corrected chi connectivity index (χ3v) is 8.69. The van der Waals surface area contributed by atoms with E-state index < -0.39 is 23.8 Å². The smallest absolute Gasteiger partial charge is 0.308 e. The number of likely N-dealkylation sites (tertiary alicyclic amines) is 1. The van der Waals surface area contributed by atoms with Gasteiger partial charge in [-0.15, -0.1) is 0 Å². The molecule has 246 valence electrons. The number of carbonyl (C=O) groups excluding carboxylic acids is 2. The van der Waals surface area contributed by atoms with E-state index in [9.17, 15) is 19.5 Å². The first-order chi connectivity index (χ1) is 21.3. The second-order valence-corrected chi connectivity index (χ2v) is 13.2. The standard InChI is InChI=1S/C34H48N4O7/c1-8-9-14-37(26-12-10-11-24(16-26)21-38(4,5)6)31(40)20-36-19-27(25-17-29(43-7)33-30(18-25)44-22-45-33)32(34(41)42)28(36)13-15-35(3)23(2)39/h10-12,16-18,27-28,32H,8-9,13-15,19-22H2,1-7H3/p+1. The van der Waals surface area contributed by atoms with Crippen molar-refractivity contribution in [3.8, 4) is 17.2 Å². The van der Waals surface area contributed by atoms with E-state index in [0.29, 0.717) is 43.3 Å². The van der Waals surface area contributed by atoms with Gasteiger partial charge in [0.15, 0.2) is 11.5 Å². The molecule has 0 aliphatic carbocycles. The third-order valence-electron chi connectivity index (χ3n) is 8.69. The van der Waals surface area contributed by atoms with E-state index in [2.05, 4.69) is 40.2 Å². The number of anilines is 1. The molecule has 2 amide bonds. The number of benzene rings is 2. The summed E-state index contributed by atoms with van der Waals surface area (Å²) in [4.78, 5) is 44.6. The van der Waals surface area contributed by atoms with Crippen molar-refractivity contribution < 1.29 is 38.2 Å². The third kappa shape index (κ3) is 8.26. The number of carbonyl (C=O) groups is 3. The molecule has 0 bridgehead atoms. The van der Waals surface area contributed by atoms with Crippen molar-refractivity contribution in [1.82, 2.24) is 9.80 Å². The lowest BCUT2D eigenvalue weighted by Crippen LogP contribution is -2.45. The van der Waals surface area contributed by atoms with Crippen molar-refractivity contribution in [2.24, 2.45) is 5.92 Å². The Hall–Kier alpha value is -3.83. The van der Waals surface area contributed by atoms with Crippen molar-refractivity contribution in [3.05, 3.63) is 47.5 Å². The summed E-state index contributed by atoms with van der Waals surface area (Å²) in [6.07, 6.45) is 2.18. The molecular formula is C34H49N4O7+. The maximum absolute atomic E-state index is 14.2. The number of fused-ring (bicyclic) bond motifs is 1. The van der Waals surface area contributed by atoms with Gasteiger partial charge in [0.1, 0.15) is 6.54 Å². The molecule has 0 spiro atoms. The minimum absolute atomic E-state index is 0.0553. The van der Waals surface area contributed by atoms with Gasteiger partial charge in [-0.3, -0.25) is 19.3 Å². The van der Waals surface area contributed by atoms with Crippen molar-refractivity contribution in [1.29, 1.82) is 0 Å². The van der Waals surface area contributed by atoms with Crippen LogP contribution in [0.2, 0.25) is 0 Å². The topological polar surface area (TPSA) is 109 Å². The number of carboxylic acid groups (broad SMARTS) is 1. The molecule has 2 aromatic carbocycles. The van der Waals surface area contributed by atoms with Gasteiger partial charge in [-0.05, 0) is 42.7 Å². The number of quaternary nitrogens is 1. The van der Waals surface area contributed by atoms with Crippen LogP contribution in [-0.2, 0) is 20.9 Å². The van der Waals surface area contributed by atoms with Crippen LogP contribution < -0.4 is 19.1 Å². The summed E-state index contributed by atoms with van der Waals surface area (Å²) in [5, 5.41) is 10.6. The Morgan fingerprint density at radius 1 is 1.11 bits per heavy atom. The number of aliphatic carboxylic acids is 1. The Labute approximate surface area is 266 Å². The van der Waals surface area contributed by atoms with Crippen molar-refractivity contribution in [3.63, 3.8) is 0 Å². The molecule has 11 heteroatoms. The van der Waals surface area contributed by atoms with E-state index in [1.165, 1.54) is 14.0 Å². The van der Waals surface area contributed by atoms with Crippen LogP contribution in [0.1, 0.15) is 50.2 Å². The largest absolute Gasteiger partial charge is 0.493 e. The molecule has 4 rings (SSSR count). The molecule has 11 nitrogen and oxygen atoms in total. The van der Waals surface area contributed by atoms with Crippen LogP contribution in [0.3, 0.4) is 0 Å². The number of hydrogen-bond acceptors (Lipinski definition) is 7. The monoisotopic (exact) mass is 625 g/mol. The van der Waals surface area contributed by atoms with Crippen LogP contribution in [0.15, 0.2) is 36.4 Å². The van der Waals surface area contributed by atoms with Gasteiger partial charge >= 0.3 is 5.97 Å². The summed E-state index contributed by atoms with van der Waals surface area (Å²) >= 11 is 0. The lowest BCUT2D eigenvalue weighted by Gasteiger charge is -2.31. The fourth-order valence-corrected chi connectivity index (χ4v) is 6.38. The molecule has 3 atom stereocenters. The molecule has 1 N–H and O–H groups in total. The highest BCUT2D eigenvalue weighted by molar-refractivity contribution is 5.95. The van der Waals surface area contributed by atoms with E-state index in [1.807, 2.05) is 34.1 Å². The van der Waals surface area contributed by atoms with Crippen molar-refractivity contribution >= 4 is 23.5 Å². The first-order valence-electron chi connectivity index (χ1n) is 15.7. The average Bonchev–Trinajstić information content (AvgIpc) is 3.59. The van der Waals surface area contributed by atoms with Crippen LogP contribution in [0, 0.1) is 5.92 Å². The van der Waals surface area contributed by atoms with Gasteiger partial charge in [-0.1, -0.05) is 25.5 Å². The predicted octanol–water partition coefficient (Wildman–Crippen LogP) is 3.80. The molecule has 2 aromatic rings. The lowest BCUT2D eigenvalue weighted by molar-refractivity contribution is -0.884. The second kappa shape index (κ2) is 14.5. The first kappa shape index (κ1) is 34.1. The fraction of sp³-hybridized carbons (Fsp3) is 0.559. The van der Waals surface area contributed by atoms with Gasteiger partial charge in [0.05, 0.1) is 40.7 Å². The molecule has 45 heavy (non-hydrogen) atoms. The Morgan fingerprint density at radius 2 is 1.87 bits per heavy atom. The first-order valence-corrected chi connectivity index (χ1v) is 15.7. The normalized spacial score (nSPS) is 19.4. The Morgan fingerprint density at radius 3 is 2.51 bits per heavy atom. The van der Waals surface area contributed by atoms with Gasteiger partial charge in [0.2, 0.25) is 24.4 Å². The van der Waals surface area contributed by atoms with Gasteiger partial charge in [-0.2, -0.15) is 0 Å². The van der Waals surface area contributed by atoms with Gasteiger partial charge in [0, 0.05) is 56.8 Å². The van der Waals surface area contributed by atoms with Gasteiger partial charge in [0.25, 0.3) is 0 Å². The summed E-state index contributed by atoms with van der Waals surface area (Å²) in [6, 6.07) is 11.3. The zero-order valence-electron chi connectivity index (χ0n) is 27.7. The number of methoxy groups -OCH3 is 1. The molecule has 0 aromatic heterocycles. The Kier molecular flexibility index (Phi) is 11.0. The van der Waals surface area contributed by atoms with Crippen molar-refractivity contribution in [2.45, 2.75) is 51.6 Å².